The molecule has 0 aliphatic heterocycles. The highest BCUT2D eigenvalue weighted by molar-refractivity contribution is 7.89. The molecule has 1 aromatic heterocycles. The average molecular weight is 273 g/mol. The van der Waals surface area contributed by atoms with Crippen LogP contribution >= 0.6 is 0 Å². The van der Waals surface area contributed by atoms with Crippen LogP contribution in [-0.4, -0.2) is 49.5 Å². The third-order valence-corrected chi connectivity index (χ3v) is 4.74. The van der Waals surface area contributed by atoms with Gasteiger partial charge in [0.25, 0.3) is 10.0 Å². The van der Waals surface area contributed by atoms with E-state index >= 15 is 0 Å². The summed E-state index contributed by atoms with van der Waals surface area (Å²) in [7, 11) is -1.92. The number of H-pyrrole nitrogens is 1. The van der Waals surface area contributed by atoms with Crippen molar-refractivity contribution in [1.82, 2.24) is 14.3 Å². The number of ether oxygens (including phenoxy) is 1. The van der Waals surface area contributed by atoms with Gasteiger partial charge in [0.15, 0.2) is 5.03 Å². The Labute approximate surface area is 107 Å². The Bertz CT molecular complexity index is 493. The maximum absolute atomic E-state index is 12.1. The van der Waals surface area contributed by atoms with E-state index in [0.29, 0.717) is 24.9 Å². The van der Waals surface area contributed by atoms with E-state index in [0.717, 1.165) is 6.61 Å². The lowest BCUT2D eigenvalue weighted by atomic mass is 10.5. The fourth-order valence-corrected chi connectivity index (χ4v) is 2.66. The summed E-state index contributed by atoms with van der Waals surface area (Å²) in [6.07, 6.45) is 3.81. The van der Waals surface area contributed by atoms with Gasteiger partial charge in [-0.3, -0.25) is 0 Å². The molecule has 0 radical (unpaired) electrons. The predicted molar refractivity (Wildman–Crippen MR) is 66.7 cm³/mol. The van der Waals surface area contributed by atoms with E-state index < -0.39 is 10.0 Å². The molecule has 7 heteroatoms. The molecular formula is C11H19N3O3S. The van der Waals surface area contributed by atoms with Crippen molar-refractivity contribution in [1.29, 1.82) is 0 Å². The first-order chi connectivity index (χ1) is 8.50. The number of nitrogens with zero attached hydrogens (tertiary/aromatic N) is 2. The Morgan fingerprint density at radius 1 is 1.56 bits per heavy atom. The predicted octanol–water partition coefficient (Wildman–Crippen LogP) is 0.765. The van der Waals surface area contributed by atoms with Gasteiger partial charge in [0.2, 0.25) is 0 Å². The average Bonchev–Trinajstić information content (AvgIpc) is 3.04. The summed E-state index contributed by atoms with van der Waals surface area (Å²) in [4.78, 5) is 6.63. The highest BCUT2D eigenvalue weighted by Gasteiger charge is 2.24. The van der Waals surface area contributed by atoms with Gasteiger partial charge in [-0.1, -0.05) is 0 Å². The molecule has 102 valence electrons. The Balaban J connectivity index is 1.84. The number of hydrogen-bond donors (Lipinski definition) is 1. The van der Waals surface area contributed by atoms with Gasteiger partial charge in [0.05, 0.1) is 12.8 Å². The van der Waals surface area contributed by atoms with Crippen molar-refractivity contribution in [3.05, 3.63) is 12.0 Å². The number of aromatic nitrogens is 2. The fourth-order valence-electron chi connectivity index (χ4n) is 1.55. The van der Waals surface area contributed by atoms with Crippen molar-refractivity contribution >= 4 is 10.0 Å². The van der Waals surface area contributed by atoms with Crippen LogP contribution in [0, 0.1) is 12.8 Å². The molecule has 0 amide bonds. The van der Waals surface area contributed by atoms with Gasteiger partial charge in [-0.05, 0) is 25.7 Å². The standard InChI is InChI=1S/C11H19N3O3S/c1-9-12-7-11(13-9)18(15,16)14(2)5-6-17-8-10-3-4-10/h7,10H,3-6,8H2,1-2H3,(H,12,13). The van der Waals surface area contributed by atoms with Gasteiger partial charge in [0.1, 0.15) is 5.82 Å². The van der Waals surface area contributed by atoms with Crippen LogP contribution in [0.15, 0.2) is 11.2 Å². The molecule has 1 saturated carbocycles. The first-order valence-electron chi connectivity index (χ1n) is 6.06. The molecule has 18 heavy (non-hydrogen) atoms. The Morgan fingerprint density at radius 3 is 2.83 bits per heavy atom. The smallest absolute Gasteiger partial charge is 0.259 e. The van der Waals surface area contributed by atoms with Crippen LogP contribution < -0.4 is 0 Å². The van der Waals surface area contributed by atoms with E-state index in [1.54, 1.807) is 14.0 Å². The number of rotatable bonds is 7. The van der Waals surface area contributed by atoms with Crippen LogP contribution in [0.4, 0.5) is 0 Å². The number of hydrogen-bond acceptors (Lipinski definition) is 4. The summed E-state index contributed by atoms with van der Waals surface area (Å²) in [6.45, 7) is 3.25. The van der Waals surface area contributed by atoms with E-state index in [4.69, 9.17) is 4.74 Å². The summed E-state index contributed by atoms with van der Waals surface area (Å²) < 4.78 is 30.9. The molecule has 1 fully saturated rings. The quantitative estimate of drug-likeness (QED) is 0.744. The van der Waals surface area contributed by atoms with Crippen LogP contribution in [-0.2, 0) is 14.8 Å². The zero-order chi connectivity index (χ0) is 13.2. The summed E-state index contributed by atoms with van der Waals surface area (Å²) in [5, 5.41) is 0.129. The number of aryl methyl sites for hydroxylation is 1. The Morgan fingerprint density at radius 2 is 2.28 bits per heavy atom. The first kappa shape index (κ1) is 13.5. The maximum atomic E-state index is 12.1. The molecule has 1 aromatic rings. The second-order valence-electron chi connectivity index (χ2n) is 4.68. The topological polar surface area (TPSA) is 75.3 Å². The first-order valence-corrected chi connectivity index (χ1v) is 7.50. The highest BCUT2D eigenvalue weighted by Crippen LogP contribution is 2.28. The molecule has 0 unspecified atom stereocenters. The van der Waals surface area contributed by atoms with Gasteiger partial charge in [-0.25, -0.2) is 13.4 Å². The van der Waals surface area contributed by atoms with E-state index in [1.807, 2.05) is 0 Å². The molecule has 0 bridgehead atoms. The molecule has 6 nitrogen and oxygen atoms in total. The Kier molecular flexibility index (Phi) is 4.04. The van der Waals surface area contributed by atoms with Crippen LogP contribution in [0.1, 0.15) is 18.7 Å². The Hall–Kier alpha value is -0.920. The zero-order valence-corrected chi connectivity index (χ0v) is 11.5. The minimum Gasteiger partial charge on any atom is -0.380 e. The van der Waals surface area contributed by atoms with E-state index in [9.17, 15) is 8.42 Å². The normalized spacial score (nSPS) is 16.4. The lowest BCUT2D eigenvalue weighted by Crippen LogP contribution is -2.30. The minimum atomic E-state index is -3.47. The number of sulfonamides is 1. The lowest BCUT2D eigenvalue weighted by Gasteiger charge is -2.15. The van der Waals surface area contributed by atoms with Gasteiger partial charge in [0, 0.05) is 20.2 Å². The number of nitrogens with one attached hydrogen (secondary N) is 1. The van der Waals surface area contributed by atoms with Crippen LogP contribution in [0.2, 0.25) is 0 Å². The number of likely N-dealkylation sites (N-methyl/N-ethyl adjacent to an activating group) is 1. The number of imidazole rings is 1. The van der Waals surface area contributed by atoms with Gasteiger partial charge in [-0.15, -0.1) is 0 Å². The van der Waals surface area contributed by atoms with Gasteiger partial charge >= 0.3 is 0 Å². The largest absolute Gasteiger partial charge is 0.380 e. The molecule has 1 N–H and O–H groups in total. The summed E-state index contributed by atoms with van der Waals surface area (Å²) in [6, 6.07) is 0. The van der Waals surface area contributed by atoms with Crippen molar-refractivity contribution in [3.63, 3.8) is 0 Å². The van der Waals surface area contributed by atoms with Gasteiger partial charge < -0.3 is 9.72 Å². The molecule has 0 spiro atoms. The monoisotopic (exact) mass is 273 g/mol. The van der Waals surface area contributed by atoms with E-state index in [1.165, 1.54) is 23.3 Å². The molecule has 1 aliphatic rings. The van der Waals surface area contributed by atoms with Crippen molar-refractivity contribution < 1.29 is 13.2 Å². The van der Waals surface area contributed by atoms with Crippen molar-refractivity contribution in [2.24, 2.45) is 5.92 Å². The van der Waals surface area contributed by atoms with Crippen LogP contribution in [0.5, 0.6) is 0 Å². The third-order valence-electron chi connectivity index (χ3n) is 2.97. The SMILES string of the molecule is Cc1ncc(S(=O)(=O)N(C)CCOCC2CC2)[nH]1. The zero-order valence-electron chi connectivity index (χ0n) is 10.7. The second-order valence-corrected chi connectivity index (χ2v) is 6.69. The molecule has 0 aromatic carbocycles. The van der Waals surface area contributed by atoms with Crippen LogP contribution in [0.25, 0.3) is 0 Å². The number of aromatic amines is 1. The molecule has 1 heterocycles. The third kappa shape index (κ3) is 3.30. The minimum absolute atomic E-state index is 0.129. The summed E-state index contributed by atoms with van der Waals surface area (Å²) in [5.41, 5.74) is 0. The molecule has 0 atom stereocenters. The molecular weight excluding hydrogens is 254 g/mol. The van der Waals surface area contributed by atoms with Gasteiger partial charge in [-0.2, -0.15) is 4.31 Å². The van der Waals surface area contributed by atoms with Crippen molar-refractivity contribution in [3.8, 4) is 0 Å². The van der Waals surface area contributed by atoms with E-state index in [2.05, 4.69) is 9.97 Å². The van der Waals surface area contributed by atoms with Crippen LogP contribution in [0.3, 0.4) is 0 Å². The maximum Gasteiger partial charge on any atom is 0.259 e. The molecule has 1 aliphatic carbocycles. The van der Waals surface area contributed by atoms with Crippen molar-refractivity contribution in [2.75, 3.05) is 26.8 Å². The highest BCUT2D eigenvalue weighted by atomic mass is 32.2. The lowest BCUT2D eigenvalue weighted by molar-refractivity contribution is 0.117. The summed E-state index contributed by atoms with van der Waals surface area (Å²) in [5.74, 6) is 1.29. The summed E-state index contributed by atoms with van der Waals surface area (Å²) >= 11 is 0. The molecule has 0 saturated heterocycles. The molecule has 2 rings (SSSR count). The van der Waals surface area contributed by atoms with E-state index in [-0.39, 0.29) is 5.03 Å². The van der Waals surface area contributed by atoms with Crippen molar-refractivity contribution in [2.45, 2.75) is 24.8 Å². The second kappa shape index (κ2) is 5.38. The fraction of sp³-hybridized carbons (Fsp3) is 0.727.